The van der Waals surface area contributed by atoms with Crippen LogP contribution in [0.5, 0.6) is 0 Å². The second kappa shape index (κ2) is 9.61. The molecular formula is C18H23N3O4S. The van der Waals surface area contributed by atoms with E-state index in [-0.39, 0.29) is 11.8 Å². The first-order valence-electron chi connectivity index (χ1n) is 8.67. The topological polar surface area (TPSA) is 79.9 Å². The summed E-state index contributed by atoms with van der Waals surface area (Å²) in [5.41, 5.74) is 1.08. The Morgan fingerprint density at radius 3 is 2.77 bits per heavy atom. The number of hydrogen-bond acceptors (Lipinski definition) is 6. The zero-order chi connectivity index (χ0) is 18.2. The quantitative estimate of drug-likeness (QED) is 0.778. The molecule has 2 N–H and O–H groups in total. The average Bonchev–Trinajstić information content (AvgIpc) is 2.69. The van der Waals surface area contributed by atoms with Crippen molar-refractivity contribution in [1.29, 1.82) is 0 Å². The van der Waals surface area contributed by atoms with Gasteiger partial charge in [0.25, 0.3) is 11.8 Å². The van der Waals surface area contributed by atoms with E-state index in [0.29, 0.717) is 30.2 Å². The third kappa shape index (κ3) is 5.48. The van der Waals surface area contributed by atoms with E-state index in [1.54, 1.807) is 41.4 Å². The summed E-state index contributed by atoms with van der Waals surface area (Å²) in [6.45, 7) is 5.18. The number of hydrogen-bond donors (Lipinski definition) is 2. The van der Waals surface area contributed by atoms with Gasteiger partial charge in [0.1, 0.15) is 0 Å². The number of anilines is 1. The number of ether oxygens (including phenoxy) is 2. The van der Waals surface area contributed by atoms with Crippen LogP contribution in [0.15, 0.2) is 35.4 Å². The molecule has 2 aliphatic heterocycles. The van der Waals surface area contributed by atoms with E-state index < -0.39 is 0 Å². The molecule has 1 aromatic rings. The predicted molar refractivity (Wildman–Crippen MR) is 101 cm³/mol. The van der Waals surface area contributed by atoms with Gasteiger partial charge in [-0.05, 0) is 18.2 Å². The van der Waals surface area contributed by atoms with E-state index in [2.05, 4.69) is 15.5 Å². The van der Waals surface area contributed by atoms with Gasteiger partial charge < -0.3 is 20.1 Å². The standard InChI is InChI=1S/C18H23N3O4S/c22-17(19-4-5-21-6-8-24-9-7-21)14-2-1-3-15(12-14)20-18(23)16-13-26-11-10-25-16/h1-3,12-13H,4-11H2,(H,19,22)(H,20,23). The highest BCUT2D eigenvalue weighted by Crippen LogP contribution is 2.18. The summed E-state index contributed by atoms with van der Waals surface area (Å²) in [4.78, 5) is 26.7. The van der Waals surface area contributed by atoms with Crippen LogP contribution in [0.3, 0.4) is 0 Å². The highest BCUT2D eigenvalue weighted by Gasteiger charge is 2.15. The normalized spacial score (nSPS) is 17.8. The van der Waals surface area contributed by atoms with Crippen molar-refractivity contribution in [2.75, 3.05) is 57.1 Å². The van der Waals surface area contributed by atoms with Gasteiger partial charge in [0.05, 0.1) is 19.8 Å². The van der Waals surface area contributed by atoms with Gasteiger partial charge in [-0.1, -0.05) is 6.07 Å². The van der Waals surface area contributed by atoms with E-state index in [0.717, 1.165) is 38.6 Å². The molecule has 2 heterocycles. The fourth-order valence-electron chi connectivity index (χ4n) is 2.67. The molecule has 8 heteroatoms. The summed E-state index contributed by atoms with van der Waals surface area (Å²) in [5, 5.41) is 7.39. The van der Waals surface area contributed by atoms with Crippen LogP contribution in [0.1, 0.15) is 10.4 Å². The summed E-state index contributed by atoms with van der Waals surface area (Å²) in [6.07, 6.45) is 0. The molecule has 1 fully saturated rings. The average molecular weight is 377 g/mol. The molecule has 0 aromatic heterocycles. The van der Waals surface area contributed by atoms with Crippen LogP contribution in [0.4, 0.5) is 5.69 Å². The van der Waals surface area contributed by atoms with Gasteiger partial charge in [-0.2, -0.15) is 0 Å². The van der Waals surface area contributed by atoms with Crippen LogP contribution >= 0.6 is 11.8 Å². The molecule has 0 aliphatic carbocycles. The van der Waals surface area contributed by atoms with Gasteiger partial charge in [-0.15, -0.1) is 11.8 Å². The number of morpholine rings is 1. The zero-order valence-electron chi connectivity index (χ0n) is 14.5. The van der Waals surface area contributed by atoms with Crippen molar-refractivity contribution in [2.45, 2.75) is 0 Å². The number of carbonyl (C=O) groups excluding carboxylic acids is 2. The van der Waals surface area contributed by atoms with E-state index in [1.165, 1.54) is 0 Å². The first-order valence-corrected chi connectivity index (χ1v) is 9.71. The van der Waals surface area contributed by atoms with Crippen molar-refractivity contribution in [1.82, 2.24) is 10.2 Å². The van der Waals surface area contributed by atoms with Crippen LogP contribution in [-0.2, 0) is 14.3 Å². The lowest BCUT2D eigenvalue weighted by atomic mass is 10.2. The maximum absolute atomic E-state index is 12.3. The van der Waals surface area contributed by atoms with Crippen molar-refractivity contribution in [3.05, 3.63) is 41.0 Å². The third-order valence-corrected chi connectivity index (χ3v) is 4.86. The number of nitrogens with one attached hydrogen (secondary N) is 2. The minimum atomic E-state index is -0.304. The molecule has 0 saturated carbocycles. The van der Waals surface area contributed by atoms with Crippen LogP contribution in [-0.4, -0.2) is 68.5 Å². The Bertz CT molecular complexity index is 674. The molecule has 0 radical (unpaired) electrons. The van der Waals surface area contributed by atoms with Gasteiger partial charge in [0, 0.05) is 48.6 Å². The first kappa shape index (κ1) is 18.8. The Kier molecular flexibility index (Phi) is 6.93. The van der Waals surface area contributed by atoms with Gasteiger partial charge in [0.2, 0.25) is 0 Å². The monoisotopic (exact) mass is 377 g/mol. The summed E-state index contributed by atoms with van der Waals surface area (Å²) < 4.78 is 10.6. The van der Waals surface area contributed by atoms with Crippen molar-refractivity contribution in [3.8, 4) is 0 Å². The molecule has 3 rings (SSSR count). The maximum atomic E-state index is 12.3. The number of thioether (sulfide) groups is 1. The maximum Gasteiger partial charge on any atom is 0.291 e. The molecule has 0 spiro atoms. The van der Waals surface area contributed by atoms with Gasteiger partial charge in [-0.3, -0.25) is 14.5 Å². The van der Waals surface area contributed by atoms with Crippen LogP contribution in [0.2, 0.25) is 0 Å². The summed E-state index contributed by atoms with van der Waals surface area (Å²) in [7, 11) is 0. The smallest absolute Gasteiger partial charge is 0.291 e. The fraction of sp³-hybridized carbons (Fsp3) is 0.444. The van der Waals surface area contributed by atoms with Crippen molar-refractivity contribution in [3.63, 3.8) is 0 Å². The largest absolute Gasteiger partial charge is 0.487 e. The molecule has 2 amide bonds. The Morgan fingerprint density at radius 2 is 2.00 bits per heavy atom. The Morgan fingerprint density at radius 1 is 1.15 bits per heavy atom. The van der Waals surface area contributed by atoms with Crippen LogP contribution in [0.25, 0.3) is 0 Å². The first-order chi connectivity index (χ1) is 12.7. The number of carbonyl (C=O) groups is 2. The lowest BCUT2D eigenvalue weighted by Gasteiger charge is -2.26. The van der Waals surface area contributed by atoms with Gasteiger partial charge >= 0.3 is 0 Å². The molecule has 1 saturated heterocycles. The fourth-order valence-corrected chi connectivity index (χ4v) is 3.30. The molecule has 0 unspecified atom stereocenters. The van der Waals surface area contributed by atoms with Gasteiger partial charge in [0.15, 0.2) is 5.76 Å². The van der Waals surface area contributed by atoms with E-state index >= 15 is 0 Å². The minimum Gasteiger partial charge on any atom is -0.487 e. The van der Waals surface area contributed by atoms with Crippen molar-refractivity contribution in [2.24, 2.45) is 0 Å². The Hall–Kier alpha value is -2.03. The summed E-state index contributed by atoms with van der Waals surface area (Å²) in [5.74, 6) is 0.693. The Labute approximate surface area is 157 Å². The SMILES string of the molecule is O=C(Nc1cccc(C(=O)NCCN2CCOCC2)c1)C1=CSCCO1. The van der Waals surface area contributed by atoms with Crippen molar-refractivity contribution < 1.29 is 19.1 Å². The minimum absolute atomic E-state index is 0.155. The Balaban J connectivity index is 1.50. The molecule has 0 bridgehead atoms. The van der Waals surface area contributed by atoms with E-state index in [1.807, 2.05) is 0 Å². The predicted octanol–water partition coefficient (Wildman–Crippen LogP) is 1.29. The molecule has 26 heavy (non-hydrogen) atoms. The summed E-state index contributed by atoms with van der Waals surface area (Å²) in [6, 6.07) is 6.89. The van der Waals surface area contributed by atoms with Crippen molar-refractivity contribution >= 4 is 29.3 Å². The molecule has 1 aromatic carbocycles. The molecular weight excluding hydrogens is 354 g/mol. The van der Waals surface area contributed by atoms with E-state index in [9.17, 15) is 9.59 Å². The number of rotatable bonds is 6. The third-order valence-electron chi connectivity index (χ3n) is 4.07. The lowest BCUT2D eigenvalue weighted by molar-refractivity contribution is -0.116. The lowest BCUT2D eigenvalue weighted by Crippen LogP contribution is -2.41. The second-order valence-corrected chi connectivity index (χ2v) is 6.92. The van der Waals surface area contributed by atoms with E-state index in [4.69, 9.17) is 9.47 Å². The van der Waals surface area contributed by atoms with Gasteiger partial charge in [-0.25, -0.2) is 0 Å². The second-order valence-electron chi connectivity index (χ2n) is 5.95. The molecule has 0 atom stereocenters. The number of nitrogens with zero attached hydrogens (tertiary/aromatic N) is 1. The molecule has 140 valence electrons. The van der Waals surface area contributed by atoms with Crippen LogP contribution in [0, 0.1) is 0 Å². The highest BCUT2D eigenvalue weighted by atomic mass is 32.2. The number of benzene rings is 1. The number of amides is 2. The molecule has 7 nitrogen and oxygen atoms in total. The summed E-state index contributed by atoms with van der Waals surface area (Å²) >= 11 is 1.55. The van der Waals surface area contributed by atoms with Crippen LogP contribution < -0.4 is 10.6 Å². The zero-order valence-corrected chi connectivity index (χ0v) is 15.3. The highest BCUT2D eigenvalue weighted by molar-refractivity contribution is 8.02. The molecule has 2 aliphatic rings.